The Hall–Kier alpha value is -2.25. The average molecular weight is 316 g/mol. The van der Waals surface area contributed by atoms with Gasteiger partial charge in [0.25, 0.3) is 0 Å². The van der Waals surface area contributed by atoms with Crippen LogP contribution in [-0.4, -0.2) is 32.5 Å². The van der Waals surface area contributed by atoms with Crippen molar-refractivity contribution in [2.45, 2.75) is 37.5 Å². The Morgan fingerprint density at radius 1 is 1.39 bits per heavy atom. The standard InChI is InChI=1S/C16H20N4O3/c21-15(12-19-11-14(9-18-19)20(22)23)10-17-16(7-4-8-16)13-5-2-1-3-6-13/h1-3,5-6,9,11,15,17,21H,4,7-8,10,12H2. The predicted molar refractivity (Wildman–Crippen MR) is 84.9 cm³/mol. The largest absolute Gasteiger partial charge is 0.390 e. The van der Waals surface area contributed by atoms with Gasteiger partial charge < -0.3 is 10.4 Å². The number of nitro groups is 1. The molecule has 1 aliphatic rings. The van der Waals surface area contributed by atoms with Gasteiger partial charge in [0.15, 0.2) is 0 Å². The first-order valence-corrected chi connectivity index (χ1v) is 7.74. The fourth-order valence-electron chi connectivity index (χ4n) is 3.00. The quantitative estimate of drug-likeness (QED) is 0.600. The van der Waals surface area contributed by atoms with Crippen LogP contribution in [0.25, 0.3) is 0 Å². The molecule has 122 valence electrons. The fourth-order valence-corrected chi connectivity index (χ4v) is 3.00. The van der Waals surface area contributed by atoms with Gasteiger partial charge in [-0.05, 0) is 24.8 Å². The highest BCUT2D eigenvalue weighted by molar-refractivity contribution is 5.27. The van der Waals surface area contributed by atoms with E-state index in [1.54, 1.807) is 0 Å². The van der Waals surface area contributed by atoms with Crippen LogP contribution in [0.3, 0.4) is 0 Å². The molecule has 1 aliphatic carbocycles. The highest BCUT2D eigenvalue weighted by Crippen LogP contribution is 2.41. The minimum Gasteiger partial charge on any atom is -0.390 e. The molecule has 2 N–H and O–H groups in total. The van der Waals surface area contributed by atoms with Gasteiger partial charge in [-0.25, -0.2) is 0 Å². The van der Waals surface area contributed by atoms with Crippen LogP contribution >= 0.6 is 0 Å². The smallest absolute Gasteiger partial charge is 0.306 e. The van der Waals surface area contributed by atoms with E-state index in [4.69, 9.17) is 0 Å². The molecule has 1 aromatic heterocycles. The maximum atomic E-state index is 10.6. The second-order valence-corrected chi connectivity index (χ2v) is 6.01. The molecule has 3 rings (SSSR count). The minimum atomic E-state index is -0.657. The Balaban J connectivity index is 1.57. The monoisotopic (exact) mass is 316 g/mol. The number of nitrogens with one attached hydrogen (secondary N) is 1. The predicted octanol–water partition coefficient (Wildman–Crippen LogP) is 1.82. The lowest BCUT2D eigenvalue weighted by Crippen LogP contribution is -2.51. The number of aromatic nitrogens is 2. The van der Waals surface area contributed by atoms with Crippen molar-refractivity contribution in [2.75, 3.05) is 6.54 Å². The molecule has 0 radical (unpaired) electrons. The van der Waals surface area contributed by atoms with Crippen molar-refractivity contribution in [3.05, 3.63) is 58.4 Å². The van der Waals surface area contributed by atoms with E-state index in [0.717, 1.165) is 12.8 Å². The number of benzene rings is 1. The Morgan fingerprint density at radius 3 is 2.70 bits per heavy atom. The topological polar surface area (TPSA) is 93.2 Å². The van der Waals surface area contributed by atoms with Gasteiger partial charge in [-0.2, -0.15) is 5.10 Å². The second kappa shape index (κ2) is 6.47. The third kappa shape index (κ3) is 3.40. The van der Waals surface area contributed by atoms with Crippen LogP contribution in [0, 0.1) is 10.1 Å². The van der Waals surface area contributed by atoms with E-state index in [2.05, 4.69) is 22.5 Å². The van der Waals surface area contributed by atoms with Crippen molar-refractivity contribution < 1.29 is 10.0 Å². The summed E-state index contributed by atoms with van der Waals surface area (Å²) in [7, 11) is 0. The lowest BCUT2D eigenvalue weighted by atomic mass is 9.72. The maximum Gasteiger partial charge on any atom is 0.306 e. The Kier molecular flexibility index (Phi) is 4.40. The van der Waals surface area contributed by atoms with Gasteiger partial charge in [0.05, 0.1) is 17.6 Å². The van der Waals surface area contributed by atoms with Crippen LogP contribution in [0.4, 0.5) is 5.69 Å². The van der Waals surface area contributed by atoms with Crippen LogP contribution < -0.4 is 5.32 Å². The van der Waals surface area contributed by atoms with Crippen molar-refractivity contribution in [1.82, 2.24) is 15.1 Å². The number of hydrogen-bond acceptors (Lipinski definition) is 5. The molecule has 1 heterocycles. The molecule has 1 atom stereocenters. The van der Waals surface area contributed by atoms with Crippen molar-refractivity contribution in [3.63, 3.8) is 0 Å². The summed E-state index contributed by atoms with van der Waals surface area (Å²) in [4.78, 5) is 10.1. The van der Waals surface area contributed by atoms with E-state index in [1.807, 2.05) is 18.2 Å². The summed E-state index contributed by atoms with van der Waals surface area (Å²) in [5.74, 6) is 0. The molecule has 2 aromatic rings. The van der Waals surface area contributed by atoms with Gasteiger partial charge in [0.2, 0.25) is 0 Å². The van der Waals surface area contributed by atoms with Crippen LogP contribution in [0.5, 0.6) is 0 Å². The van der Waals surface area contributed by atoms with E-state index >= 15 is 0 Å². The summed E-state index contributed by atoms with van der Waals surface area (Å²) < 4.78 is 1.40. The Morgan fingerprint density at radius 2 is 2.13 bits per heavy atom. The van der Waals surface area contributed by atoms with Crippen LogP contribution in [0.1, 0.15) is 24.8 Å². The van der Waals surface area contributed by atoms with Gasteiger partial charge in [0, 0.05) is 12.1 Å². The number of rotatable bonds is 7. The van der Waals surface area contributed by atoms with Gasteiger partial charge in [-0.1, -0.05) is 30.3 Å². The van der Waals surface area contributed by atoms with E-state index in [9.17, 15) is 15.2 Å². The third-order valence-corrected chi connectivity index (χ3v) is 4.44. The van der Waals surface area contributed by atoms with Crippen molar-refractivity contribution in [1.29, 1.82) is 0 Å². The van der Waals surface area contributed by atoms with Gasteiger partial charge in [-0.3, -0.25) is 14.8 Å². The first-order chi connectivity index (χ1) is 11.1. The minimum absolute atomic E-state index is 0.0572. The molecular formula is C16H20N4O3. The molecular weight excluding hydrogens is 296 g/mol. The SMILES string of the molecule is O=[N+]([O-])c1cnn(CC(O)CNC2(c3ccccc3)CCC2)c1. The van der Waals surface area contributed by atoms with Crippen molar-refractivity contribution >= 4 is 5.69 Å². The van der Waals surface area contributed by atoms with E-state index in [1.165, 1.54) is 29.1 Å². The molecule has 1 fully saturated rings. The van der Waals surface area contributed by atoms with Crippen molar-refractivity contribution in [2.24, 2.45) is 0 Å². The van der Waals surface area contributed by atoms with Gasteiger partial charge in [-0.15, -0.1) is 0 Å². The zero-order valence-corrected chi connectivity index (χ0v) is 12.8. The van der Waals surface area contributed by atoms with E-state index in [-0.39, 0.29) is 17.8 Å². The summed E-state index contributed by atoms with van der Waals surface area (Å²) in [5, 5.41) is 28.2. The molecule has 0 bridgehead atoms. The molecule has 23 heavy (non-hydrogen) atoms. The Bertz CT molecular complexity index is 667. The number of hydrogen-bond donors (Lipinski definition) is 2. The number of aliphatic hydroxyl groups is 1. The summed E-state index contributed by atoms with van der Waals surface area (Å²) in [5.41, 5.74) is 1.12. The third-order valence-electron chi connectivity index (χ3n) is 4.44. The summed E-state index contributed by atoms with van der Waals surface area (Å²) in [6.45, 7) is 0.647. The van der Waals surface area contributed by atoms with E-state index in [0.29, 0.717) is 6.54 Å². The number of aliphatic hydroxyl groups excluding tert-OH is 1. The lowest BCUT2D eigenvalue weighted by molar-refractivity contribution is -0.385. The molecule has 0 aliphatic heterocycles. The van der Waals surface area contributed by atoms with Crippen LogP contribution in [-0.2, 0) is 12.1 Å². The average Bonchev–Trinajstić information content (AvgIpc) is 2.96. The zero-order valence-electron chi connectivity index (χ0n) is 12.8. The molecule has 1 unspecified atom stereocenters. The summed E-state index contributed by atoms with van der Waals surface area (Å²) in [6, 6.07) is 10.3. The first kappa shape index (κ1) is 15.6. The number of nitrogens with zero attached hydrogens (tertiary/aromatic N) is 3. The van der Waals surface area contributed by atoms with Crippen LogP contribution in [0.15, 0.2) is 42.7 Å². The first-order valence-electron chi connectivity index (χ1n) is 7.74. The molecule has 7 nitrogen and oxygen atoms in total. The maximum absolute atomic E-state index is 10.6. The van der Waals surface area contributed by atoms with Crippen LogP contribution in [0.2, 0.25) is 0 Å². The molecule has 1 saturated carbocycles. The van der Waals surface area contributed by atoms with E-state index < -0.39 is 11.0 Å². The molecule has 0 amide bonds. The molecule has 7 heteroatoms. The van der Waals surface area contributed by atoms with Gasteiger partial charge in [0.1, 0.15) is 12.4 Å². The lowest BCUT2D eigenvalue weighted by Gasteiger charge is -2.44. The summed E-state index contributed by atoms with van der Waals surface area (Å²) >= 11 is 0. The molecule has 1 aromatic carbocycles. The molecule has 0 saturated heterocycles. The normalized spacial score (nSPS) is 17.4. The Labute approximate surface area is 134 Å². The zero-order chi connectivity index (χ0) is 16.3. The highest BCUT2D eigenvalue weighted by atomic mass is 16.6. The van der Waals surface area contributed by atoms with Crippen molar-refractivity contribution in [3.8, 4) is 0 Å². The molecule has 0 spiro atoms. The summed E-state index contributed by atoms with van der Waals surface area (Å²) in [6.07, 6.45) is 5.14. The second-order valence-electron chi connectivity index (χ2n) is 6.01. The fraction of sp³-hybridized carbons (Fsp3) is 0.438. The highest BCUT2D eigenvalue weighted by Gasteiger charge is 2.38. The van der Waals surface area contributed by atoms with Gasteiger partial charge >= 0.3 is 5.69 Å².